The summed E-state index contributed by atoms with van der Waals surface area (Å²) in [5.74, 6) is 0.884. The predicted molar refractivity (Wildman–Crippen MR) is 25.1 cm³/mol. The van der Waals surface area contributed by atoms with E-state index in [9.17, 15) is 0 Å². The van der Waals surface area contributed by atoms with Crippen LogP contribution in [0.3, 0.4) is 0 Å². The zero-order chi connectivity index (χ0) is 4.28. The molecule has 0 aromatic rings. The van der Waals surface area contributed by atoms with Gasteiger partial charge in [-0.1, -0.05) is 27.2 Å². The van der Waals surface area contributed by atoms with Crippen molar-refractivity contribution in [3.8, 4) is 0 Å². The average Bonchev–Trinajstić information content (AvgIpc) is 1.38. The lowest BCUT2D eigenvalue weighted by atomic mass is 10.2. The van der Waals surface area contributed by atoms with Gasteiger partial charge in [0.15, 0.2) is 0 Å². The molecule has 0 atom stereocenters. The molecule has 0 unspecified atom stereocenters. The summed E-state index contributed by atoms with van der Waals surface area (Å²) in [6, 6.07) is 0. The van der Waals surface area contributed by atoms with Gasteiger partial charge in [0.05, 0.1) is 0 Å². The minimum Gasteiger partial charge on any atom is -0.0651 e. The van der Waals surface area contributed by atoms with E-state index in [1.165, 1.54) is 6.42 Å². The van der Waals surface area contributed by atoms with Gasteiger partial charge in [-0.3, -0.25) is 0 Å². The highest BCUT2D eigenvalue weighted by atomic mass is 13.9. The Morgan fingerprint density at radius 3 is 1.60 bits per heavy atom. The quantitative estimate of drug-likeness (QED) is 0.444. The van der Waals surface area contributed by atoms with Crippen LogP contribution >= 0.6 is 0 Å². The molecule has 0 bridgehead atoms. The Morgan fingerprint density at radius 2 is 1.60 bits per heavy atom. The standard InChI is InChI=1S/C5H12/c1-4-5(2)3/h5H,4H2,1-3H3. The predicted octanol–water partition coefficient (Wildman–Crippen LogP) is 2.05. The first-order valence-electron chi connectivity index (χ1n) is 2.27. The summed E-state index contributed by atoms with van der Waals surface area (Å²) < 4.78 is 0. The van der Waals surface area contributed by atoms with Crippen molar-refractivity contribution in [1.29, 1.82) is 0 Å². The van der Waals surface area contributed by atoms with E-state index in [1.54, 1.807) is 0 Å². The molecule has 0 aromatic carbocycles. The molecule has 0 spiro atoms. The molecular formula is C5H12. The van der Waals surface area contributed by atoms with Crippen LogP contribution in [-0.4, -0.2) is 0 Å². The fourth-order valence-electron chi connectivity index (χ4n) is 0. The minimum atomic E-state index is 0.884. The van der Waals surface area contributed by atoms with Gasteiger partial charge in [0.1, 0.15) is 0 Å². The fourth-order valence-corrected chi connectivity index (χ4v) is 0. The maximum atomic E-state index is 2.22. The zero-order valence-electron chi connectivity index (χ0n) is 4.28. The van der Waals surface area contributed by atoms with Crippen LogP contribution in [-0.2, 0) is 0 Å². The summed E-state index contributed by atoms with van der Waals surface area (Å²) in [6.45, 7) is 6.64. The van der Waals surface area contributed by atoms with Crippen LogP contribution in [0, 0.1) is 5.92 Å². The number of hydrogen-bond acceptors (Lipinski definition) is 0. The van der Waals surface area contributed by atoms with Crippen LogP contribution in [0.15, 0.2) is 0 Å². The largest absolute Gasteiger partial charge is 0.0651 e. The van der Waals surface area contributed by atoms with E-state index in [-0.39, 0.29) is 0 Å². The van der Waals surface area contributed by atoms with E-state index in [0.29, 0.717) is 0 Å². The third kappa shape index (κ3) is 4.00. The van der Waals surface area contributed by atoms with E-state index in [0.717, 1.165) is 5.92 Å². The summed E-state index contributed by atoms with van der Waals surface area (Å²) in [5.41, 5.74) is 0. The molecule has 0 aliphatic carbocycles. The van der Waals surface area contributed by atoms with Gasteiger partial charge in [-0.15, -0.1) is 0 Å². The molecule has 5 heavy (non-hydrogen) atoms. The topological polar surface area (TPSA) is 0 Å². The van der Waals surface area contributed by atoms with Gasteiger partial charge in [-0.05, 0) is 5.92 Å². The lowest BCUT2D eigenvalue weighted by molar-refractivity contribution is 0.626. The van der Waals surface area contributed by atoms with Crippen molar-refractivity contribution in [3.63, 3.8) is 0 Å². The van der Waals surface area contributed by atoms with Crippen molar-refractivity contribution < 1.29 is 0 Å². The van der Waals surface area contributed by atoms with E-state index < -0.39 is 0 Å². The van der Waals surface area contributed by atoms with Crippen molar-refractivity contribution in [2.24, 2.45) is 5.92 Å². The van der Waals surface area contributed by atoms with Gasteiger partial charge >= 0.3 is 0 Å². The molecule has 0 radical (unpaired) electrons. The first-order chi connectivity index (χ1) is 2.27. The van der Waals surface area contributed by atoms with Gasteiger partial charge < -0.3 is 0 Å². The highest BCUT2D eigenvalue weighted by molar-refractivity contribution is 4.32. The molecule has 0 saturated carbocycles. The zero-order valence-corrected chi connectivity index (χ0v) is 4.28. The van der Waals surface area contributed by atoms with Gasteiger partial charge in [0.2, 0.25) is 0 Å². The van der Waals surface area contributed by atoms with Crippen LogP contribution in [0.1, 0.15) is 27.2 Å². The second kappa shape index (κ2) is 2.25. The summed E-state index contributed by atoms with van der Waals surface area (Å²) in [6.07, 6.45) is 1.31. The Balaban J connectivity index is 2.54. The van der Waals surface area contributed by atoms with Crippen LogP contribution in [0.5, 0.6) is 0 Å². The van der Waals surface area contributed by atoms with Crippen molar-refractivity contribution in [2.45, 2.75) is 27.2 Å². The van der Waals surface area contributed by atoms with E-state index >= 15 is 0 Å². The summed E-state index contributed by atoms with van der Waals surface area (Å²) >= 11 is 0. The third-order valence-electron chi connectivity index (χ3n) is 0.816. The molecule has 0 aliphatic heterocycles. The molecule has 0 aliphatic rings. The smallest absolute Gasteiger partial charge is 0.0474 e. The average molecular weight is 72.2 g/mol. The van der Waals surface area contributed by atoms with Crippen molar-refractivity contribution in [1.82, 2.24) is 0 Å². The molecule has 0 nitrogen and oxygen atoms in total. The highest BCUT2D eigenvalue weighted by Gasteiger charge is 1.80. The first-order valence-corrected chi connectivity index (χ1v) is 2.27. The number of hydrogen-bond donors (Lipinski definition) is 0. The molecule has 0 fully saturated rings. The fraction of sp³-hybridized carbons (Fsp3) is 1.00. The Labute approximate surface area is 34.2 Å². The molecular weight excluding hydrogens is 60.1 g/mol. The Kier molecular flexibility index (Phi) is 2.25. The maximum Gasteiger partial charge on any atom is -0.0474 e. The van der Waals surface area contributed by atoms with Crippen LogP contribution in [0.25, 0.3) is 0 Å². The second-order valence-corrected chi connectivity index (χ2v) is 1.80. The van der Waals surface area contributed by atoms with Crippen LogP contribution in [0.4, 0.5) is 0 Å². The van der Waals surface area contributed by atoms with E-state index in [2.05, 4.69) is 20.8 Å². The van der Waals surface area contributed by atoms with Gasteiger partial charge in [-0.2, -0.15) is 0 Å². The maximum absolute atomic E-state index is 2.22. The molecule has 0 amide bonds. The normalized spacial score (nSPS) is 9.60. The Bertz CT molecular complexity index is 14.0. The molecule has 32 valence electrons. The molecule has 0 heteroatoms. The van der Waals surface area contributed by atoms with Gasteiger partial charge in [0.25, 0.3) is 0 Å². The van der Waals surface area contributed by atoms with Crippen molar-refractivity contribution in [2.75, 3.05) is 0 Å². The minimum absolute atomic E-state index is 0.884. The summed E-state index contributed by atoms with van der Waals surface area (Å²) in [4.78, 5) is 0. The second-order valence-electron chi connectivity index (χ2n) is 1.80. The van der Waals surface area contributed by atoms with Crippen LogP contribution < -0.4 is 0 Å². The number of rotatable bonds is 1. The molecule has 0 rings (SSSR count). The Hall–Kier alpha value is 0. The van der Waals surface area contributed by atoms with Crippen molar-refractivity contribution in [3.05, 3.63) is 0 Å². The van der Waals surface area contributed by atoms with Crippen LogP contribution in [0.2, 0.25) is 0 Å². The van der Waals surface area contributed by atoms with E-state index in [1.807, 2.05) is 0 Å². The Morgan fingerprint density at radius 1 is 1.40 bits per heavy atom. The van der Waals surface area contributed by atoms with Crippen molar-refractivity contribution >= 4 is 0 Å². The molecule has 0 aromatic heterocycles. The molecule has 0 heterocycles. The summed E-state index contributed by atoms with van der Waals surface area (Å²) in [7, 11) is 0. The molecule has 0 N–H and O–H groups in total. The SMILES string of the molecule is CCC(C)C. The third-order valence-corrected chi connectivity index (χ3v) is 0.816. The van der Waals surface area contributed by atoms with Gasteiger partial charge in [-0.25, -0.2) is 0 Å². The first kappa shape index (κ1) is 5.00. The lowest BCUT2D eigenvalue weighted by Crippen LogP contribution is -1.77. The summed E-state index contributed by atoms with van der Waals surface area (Å²) in [5, 5.41) is 0. The lowest BCUT2D eigenvalue weighted by Gasteiger charge is -1.90. The highest BCUT2D eigenvalue weighted by Crippen LogP contribution is 1.93. The van der Waals surface area contributed by atoms with Gasteiger partial charge in [0, 0.05) is 0 Å². The van der Waals surface area contributed by atoms with E-state index in [4.69, 9.17) is 0 Å². The monoisotopic (exact) mass is 72.1 g/mol. The molecule has 0 saturated heterocycles.